The number of carbonyl (C=O) groups excluding carboxylic acids is 1. The zero-order valence-corrected chi connectivity index (χ0v) is 17.8. The summed E-state index contributed by atoms with van der Waals surface area (Å²) in [6.45, 7) is 7.24. The monoisotopic (exact) mass is 406 g/mol. The zero-order chi connectivity index (χ0) is 20.0. The summed E-state index contributed by atoms with van der Waals surface area (Å²) in [7, 11) is 1.87. The molecule has 150 valence electrons. The van der Waals surface area contributed by atoms with E-state index in [9.17, 15) is 4.79 Å². The molecule has 6 heteroatoms. The van der Waals surface area contributed by atoms with Crippen molar-refractivity contribution in [2.24, 2.45) is 0 Å². The van der Waals surface area contributed by atoms with Gasteiger partial charge in [0.2, 0.25) is 5.91 Å². The van der Waals surface area contributed by atoms with E-state index in [0.717, 1.165) is 50.6 Å². The highest BCUT2D eigenvalue weighted by molar-refractivity contribution is 7.13. The minimum absolute atomic E-state index is 0.0218. The highest BCUT2D eigenvalue weighted by Crippen LogP contribution is 2.36. The van der Waals surface area contributed by atoms with Crippen LogP contribution in [0.2, 0.25) is 0 Å². The standard InChI is InChI=1S/C23H26N4OS/c1-16-19-15-17(7-8-20(19)25(2)23(16)28)9-10-26-11-13-27(14-12-26)22-18-5-3-4-6-21(18)29-24-22/h3-8,15-16H,9-14H2,1-2H3. The largest absolute Gasteiger partial charge is 0.353 e. The Morgan fingerprint density at radius 1 is 1.10 bits per heavy atom. The second-order valence-corrected chi connectivity index (χ2v) is 8.90. The third kappa shape index (κ3) is 3.30. The molecular formula is C23H26N4OS. The molecule has 2 aromatic carbocycles. The molecule has 1 unspecified atom stereocenters. The van der Waals surface area contributed by atoms with Gasteiger partial charge in [0.05, 0.1) is 10.6 Å². The Labute approximate surface area is 175 Å². The molecule has 3 heterocycles. The third-order valence-electron chi connectivity index (χ3n) is 6.37. The maximum Gasteiger partial charge on any atom is 0.234 e. The Morgan fingerprint density at radius 2 is 1.90 bits per heavy atom. The van der Waals surface area contributed by atoms with Crippen LogP contribution in [0.3, 0.4) is 0 Å². The van der Waals surface area contributed by atoms with E-state index in [2.05, 4.69) is 52.3 Å². The van der Waals surface area contributed by atoms with Gasteiger partial charge in [-0.1, -0.05) is 24.3 Å². The number of benzene rings is 2. The summed E-state index contributed by atoms with van der Waals surface area (Å²) in [5, 5.41) is 1.28. The van der Waals surface area contributed by atoms with Crippen LogP contribution in [0.4, 0.5) is 11.5 Å². The van der Waals surface area contributed by atoms with Gasteiger partial charge in [-0.3, -0.25) is 9.69 Å². The summed E-state index contributed by atoms with van der Waals surface area (Å²) < 4.78 is 5.97. The minimum Gasteiger partial charge on any atom is -0.353 e. The first kappa shape index (κ1) is 18.6. The van der Waals surface area contributed by atoms with Gasteiger partial charge in [0.1, 0.15) is 5.82 Å². The van der Waals surface area contributed by atoms with Crippen molar-refractivity contribution in [2.75, 3.05) is 49.6 Å². The summed E-state index contributed by atoms with van der Waals surface area (Å²) in [6.07, 6.45) is 1.03. The van der Waals surface area contributed by atoms with E-state index in [1.54, 1.807) is 16.4 Å². The summed E-state index contributed by atoms with van der Waals surface area (Å²) >= 11 is 1.59. The Balaban J connectivity index is 1.20. The van der Waals surface area contributed by atoms with Crippen LogP contribution in [0.15, 0.2) is 42.5 Å². The zero-order valence-electron chi connectivity index (χ0n) is 17.0. The molecule has 1 aromatic heterocycles. The van der Waals surface area contributed by atoms with Gasteiger partial charge in [-0.2, -0.15) is 4.37 Å². The Morgan fingerprint density at radius 3 is 2.72 bits per heavy atom. The van der Waals surface area contributed by atoms with Crippen LogP contribution in [0.1, 0.15) is 24.0 Å². The third-order valence-corrected chi connectivity index (χ3v) is 7.18. The first-order valence-corrected chi connectivity index (χ1v) is 11.1. The molecule has 29 heavy (non-hydrogen) atoms. The van der Waals surface area contributed by atoms with Crippen molar-refractivity contribution < 1.29 is 4.79 Å². The van der Waals surface area contributed by atoms with Gasteiger partial charge in [-0.25, -0.2) is 0 Å². The van der Waals surface area contributed by atoms with E-state index in [1.807, 2.05) is 14.0 Å². The number of likely N-dealkylation sites (N-methyl/N-ethyl adjacent to an activating group) is 1. The fourth-order valence-corrected chi connectivity index (χ4v) is 5.32. The van der Waals surface area contributed by atoms with E-state index < -0.39 is 0 Å². The number of fused-ring (bicyclic) bond motifs is 2. The number of piperazine rings is 1. The van der Waals surface area contributed by atoms with Crippen LogP contribution >= 0.6 is 11.5 Å². The van der Waals surface area contributed by atoms with Gasteiger partial charge < -0.3 is 9.80 Å². The quantitative estimate of drug-likeness (QED) is 0.662. The normalized spacial score (nSPS) is 19.9. The molecule has 0 radical (unpaired) electrons. The van der Waals surface area contributed by atoms with Crippen LogP contribution in [-0.4, -0.2) is 55.0 Å². The number of hydrogen-bond acceptors (Lipinski definition) is 5. The van der Waals surface area contributed by atoms with Crippen LogP contribution < -0.4 is 9.80 Å². The maximum atomic E-state index is 12.2. The lowest BCUT2D eigenvalue weighted by Gasteiger charge is -2.35. The summed E-state index contributed by atoms with van der Waals surface area (Å²) in [5.41, 5.74) is 3.57. The molecule has 1 fully saturated rings. The van der Waals surface area contributed by atoms with Crippen LogP contribution in [0.25, 0.3) is 10.1 Å². The molecule has 1 atom stereocenters. The van der Waals surface area contributed by atoms with Crippen molar-refractivity contribution in [1.82, 2.24) is 9.27 Å². The fraction of sp³-hybridized carbons (Fsp3) is 0.391. The van der Waals surface area contributed by atoms with E-state index >= 15 is 0 Å². The van der Waals surface area contributed by atoms with Crippen molar-refractivity contribution >= 4 is 39.0 Å². The number of rotatable bonds is 4. The number of aromatic nitrogens is 1. The van der Waals surface area contributed by atoms with Crippen LogP contribution in [0.5, 0.6) is 0 Å². The smallest absolute Gasteiger partial charge is 0.234 e. The van der Waals surface area contributed by atoms with Crippen LogP contribution in [-0.2, 0) is 11.2 Å². The minimum atomic E-state index is -0.0218. The first-order valence-electron chi connectivity index (χ1n) is 10.3. The van der Waals surface area contributed by atoms with Crippen molar-refractivity contribution in [2.45, 2.75) is 19.3 Å². The van der Waals surface area contributed by atoms with E-state index in [-0.39, 0.29) is 11.8 Å². The fourth-order valence-electron chi connectivity index (χ4n) is 4.53. The van der Waals surface area contributed by atoms with Gasteiger partial charge in [0, 0.05) is 50.8 Å². The predicted molar refractivity (Wildman–Crippen MR) is 120 cm³/mol. The van der Waals surface area contributed by atoms with Crippen molar-refractivity contribution in [3.05, 3.63) is 53.6 Å². The topological polar surface area (TPSA) is 39.7 Å². The molecule has 2 aliphatic heterocycles. The number of carbonyl (C=O) groups is 1. The summed E-state index contributed by atoms with van der Waals surface area (Å²) in [4.78, 5) is 18.9. The van der Waals surface area contributed by atoms with E-state index in [1.165, 1.54) is 21.2 Å². The van der Waals surface area contributed by atoms with Crippen molar-refractivity contribution in [3.63, 3.8) is 0 Å². The lowest BCUT2D eigenvalue weighted by Crippen LogP contribution is -2.47. The molecule has 5 nitrogen and oxygen atoms in total. The lowest BCUT2D eigenvalue weighted by atomic mass is 9.99. The SMILES string of the molecule is CC1C(=O)N(C)c2ccc(CCN3CCN(c4nsc5ccccc45)CC3)cc21. The number of anilines is 2. The van der Waals surface area contributed by atoms with Crippen molar-refractivity contribution in [3.8, 4) is 0 Å². The molecule has 5 rings (SSSR count). The predicted octanol–water partition coefficient (Wildman–Crippen LogP) is 3.74. The number of nitrogens with zero attached hydrogens (tertiary/aromatic N) is 4. The average molecular weight is 407 g/mol. The Bertz CT molecular complexity index is 1050. The molecule has 0 saturated carbocycles. The van der Waals surface area contributed by atoms with Gasteiger partial charge in [0.15, 0.2) is 0 Å². The Hall–Kier alpha value is -2.44. The second-order valence-electron chi connectivity index (χ2n) is 8.09. The second kappa shape index (κ2) is 7.43. The molecule has 1 saturated heterocycles. The first-order chi connectivity index (χ1) is 14.1. The molecule has 1 amide bonds. The lowest BCUT2D eigenvalue weighted by molar-refractivity contribution is -0.118. The summed E-state index contributed by atoms with van der Waals surface area (Å²) in [6, 6.07) is 15.0. The molecular weight excluding hydrogens is 380 g/mol. The summed E-state index contributed by atoms with van der Waals surface area (Å²) in [5.74, 6) is 1.32. The number of hydrogen-bond donors (Lipinski definition) is 0. The average Bonchev–Trinajstić information content (AvgIpc) is 3.28. The molecule has 0 bridgehead atoms. The van der Waals surface area contributed by atoms with Gasteiger partial charge in [-0.15, -0.1) is 0 Å². The highest BCUT2D eigenvalue weighted by Gasteiger charge is 2.31. The number of amides is 1. The molecule has 0 spiro atoms. The molecule has 3 aromatic rings. The van der Waals surface area contributed by atoms with E-state index in [0.29, 0.717) is 0 Å². The van der Waals surface area contributed by atoms with Gasteiger partial charge in [0.25, 0.3) is 0 Å². The van der Waals surface area contributed by atoms with Crippen LogP contribution in [0, 0.1) is 0 Å². The van der Waals surface area contributed by atoms with Gasteiger partial charge in [-0.05, 0) is 54.2 Å². The highest BCUT2D eigenvalue weighted by atomic mass is 32.1. The molecule has 0 aliphatic carbocycles. The molecule has 2 aliphatic rings. The molecule has 0 N–H and O–H groups in total. The van der Waals surface area contributed by atoms with E-state index in [4.69, 9.17) is 4.37 Å². The maximum absolute atomic E-state index is 12.2. The van der Waals surface area contributed by atoms with Crippen molar-refractivity contribution in [1.29, 1.82) is 0 Å². The van der Waals surface area contributed by atoms with Gasteiger partial charge >= 0.3 is 0 Å². The Kier molecular flexibility index (Phi) is 4.76.